The van der Waals surface area contributed by atoms with Gasteiger partial charge in [0.05, 0.1) is 18.6 Å². The number of carboxylic acid groups (broad SMARTS) is 3. The summed E-state index contributed by atoms with van der Waals surface area (Å²) in [5.74, 6) is -3.12. The molecule has 3 atom stereocenters. The van der Waals surface area contributed by atoms with Gasteiger partial charge in [0.2, 0.25) is 0 Å². The summed E-state index contributed by atoms with van der Waals surface area (Å²) in [6.45, 7) is 0.0989. The van der Waals surface area contributed by atoms with Gasteiger partial charge in [0.15, 0.2) is 0 Å². The van der Waals surface area contributed by atoms with E-state index in [4.69, 9.17) is 43.4 Å². The molecule has 0 aliphatic rings. The normalized spacial score (nSPS) is 13.0. The Balaban J connectivity index is 0. The molecule has 0 spiro atoms. The molecule has 0 unspecified atom stereocenters. The number of nitrogens with two attached hydrogens (primary N) is 4. The predicted octanol–water partition coefficient (Wildman–Crippen LogP) is -2.72. The van der Waals surface area contributed by atoms with Crippen molar-refractivity contribution in [3.05, 3.63) is 18.2 Å². The highest BCUT2D eigenvalue weighted by atomic mass is 16.4. The molecule has 13 nitrogen and oxygen atoms in total. The number of carbonyl (C=O) groups is 3. The van der Waals surface area contributed by atoms with E-state index >= 15 is 0 Å². The third-order valence-corrected chi connectivity index (χ3v) is 3.10. The maximum Gasteiger partial charge on any atom is 0.322 e. The van der Waals surface area contributed by atoms with E-state index in [1.807, 2.05) is 0 Å². The van der Waals surface area contributed by atoms with Crippen LogP contribution in [0, 0.1) is 0 Å². The molecule has 0 aromatic carbocycles. The number of hydrogen-bond acceptors (Lipinski definition) is 9. The van der Waals surface area contributed by atoms with Gasteiger partial charge in [0, 0.05) is 12.6 Å². The Bertz CT molecular complexity index is 555. The molecule has 162 valence electrons. The minimum Gasteiger partial charge on any atom is -0.480 e. The highest BCUT2D eigenvalue weighted by Gasteiger charge is 2.12. The molecule has 0 fully saturated rings. The van der Waals surface area contributed by atoms with Crippen LogP contribution in [0.2, 0.25) is 0 Å². The molecule has 1 heterocycles. The molecule has 0 amide bonds. The number of rotatable bonds is 10. The molecule has 1 rings (SSSR count). The average Bonchev–Trinajstić information content (AvgIpc) is 3.14. The van der Waals surface area contributed by atoms with E-state index in [0.717, 1.165) is 12.8 Å². The fraction of sp³-hybridized carbons (Fsp3) is 0.600. The van der Waals surface area contributed by atoms with E-state index in [1.54, 1.807) is 6.20 Å². The van der Waals surface area contributed by atoms with Crippen LogP contribution in [0.1, 0.15) is 25.0 Å². The van der Waals surface area contributed by atoms with E-state index in [-0.39, 0.29) is 6.42 Å². The molecule has 0 saturated heterocycles. The van der Waals surface area contributed by atoms with Gasteiger partial charge in [-0.1, -0.05) is 6.42 Å². The Hall–Kier alpha value is -2.58. The Morgan fingerprint density at radius 2 is 1.50 bits per heavy atom. The number of aliphatic carboxylic acids is 3. The lowest BCUT2D eigenvalue weighted by atomic mass is 10.1. The van der Waals surface area contributed by atoms with Crippen LogP contribution in [0.4, 0.5) is 0 Å². The summed E-state index contributed by atoms with van der Waals surface area (Å²) < 4.78 is 0. The van der Waals surface area contributed by atoms with E-state index < -0.39 is 42.6 Å². The average molecular weight is 406 g/mol. The van der Waals surface area contributed by atoms with Crippen molar-refractivity contribution >= 4 is 17.9 Å². The summed E-state index contributed by atoms with van der Waals surface area (Å²) in [5.41, 5.74) is 21.1. The Morgan fingerprint density at radius 3 is 1.82 bits per heavy atom. The smallest absolute Gasteiger partial charge is 0.322 e. The third kappa shape index (κ3) is 15.7. The molecule has 28 heavy (non-hydrogen) atoms. The highest BCUT2D eigenvalue weighted by molar-refractivity contribution is 5.73. The summed E-state index contributed by atoms with van der Waals surface area (Å²) >= 11 is 0. The summed E-state index contributed by atoms with van der Waals surface area (Å²) in [6, 6.07) is -2.70. The van der Waals surface area contributed by atoms with Gasteiger partial charge < -0.3 is 48.3 Å². The number of H-pyrrole nitrogens is 1. The van der Waals surface area contributed by atoms with Crippen molar-refractivity contribution in [3.63, 3.8) is 0 Å². The number of aliphatic hydroxyl groups excluding tert-OH is 1. The van der Waals surface area contributed by atoms with Crippen molar-refractivity contribution in [1.82, 2.24) is 9.97 Å². The van der Waals surface area contributed by atoms with Crippen molar-refractivity contribution in [1.29, 1.82) is 0 Å². The molecule has 13 N–H and O–H groups in total. The van der Waals surface area contributed by atoms with Crippen molar-refractivity contribution in [2.24, 2.45) is 22.9 Å². The second-order valence-corrected chi connectivity index (χ2v) is 5.57. The summed E-state index contributed by atoms with van der Waals surface area (Å²) in [4.78, 5) is 36.6. The quantitative estimate of drug-likeness (QED) is 0.179. The van der Waals surface area contributed by atoms with Crippen molar-refractivity contribution in [3.8, 4) is 0 Å². The second-order valence-electron chi connectivity index (χ2n) is 5.57. The Labute approximate surface area is 161 Å². The van der Waals surface area contributed by atoms with Gasteiger partial charge in [-0.25, -0.2) is 4.98 Å². The largest absolute Gasteiger partial charge is 0.480 e. The van der Waals surface area contributed by atoms with Crippen molar-refractivity contribution in [2.75, 3.05) is 13.2 Å². The molecular formula is C15H30N6O7. The Kier molecular flexibility index (Phi) is 16.4. The zero-order valence-electron chi connectivity index (χ0n) is 15.4. The van der Waals surface area contributed by atoms with Crippen molar-refractivity contribution in [2.45, 2.75) is 43.8 Å². The predicted molar refractivity (Wildman–Crippen MR) is 99.1 cm³/mol. The first-order valence-corrected chi connectivity index (χ1v) is 8.30. The van der Waals surface area contributed by atoms with E-state index in [0.29, 0.717) is 18.7 Å². The number of carboxylic acids is 3. The van der Waals surface area contributed by atoms with Crippen molar-refractivity contribution < 1.29 is 34.8 Å². The molecule has 0 bridgehead atoms. The molecule has 1 aromatic heterocycles. The minimum atomic E-state index is -1.18. The number of hydrogen-bond donors (Lipinski definition) is 9. The molecule has 13 heteroatoms. The van der Waals surface area contributed by atoms with Crippen LogP contribution < -0.4 is 22.9 Å². The van der Waals surface area contributed by atoms with E-state index in [2.05, 4.69) is 9.97 Å². The van der Waals surface area contributed by atoms with Gasteiger partial charge in [-0.2, -0.15) is 0 Å². The minimum absolute atomic E-state index is 0.263. The SMILES string of the molecule is NCCCC[C@H](N)C(=O)O.N[C@@H](Cc1c[nH]cn1)C(=O)O.N[C@H](CO)C(=O)O. The summed E-state index contributed by atoms with van der Waals surface area (Å²) in [5, 5.41) is 32.6. The third-order valence-electron chi connectivity index (χ3n) is 3.10. The number of imidazole rings is 1. The molecule has 0 aliphatic carbocycles. The van der Waals surface area contributed by atoms with Crippen LogP contribution in [-0.4, -0.2) is 79.6 Å². The van der Waals surface area contributed by atoms with Crippen LogP contribution in [0.25, 0.3) is 0 Å². The molecule has 0 radical (unpaired) electrons. The fourth-order valence-electron chi connectivity index (χ4n) is 1.43. The lowest BCUT2D eigenvalue weighted by Gasteiger charge is -2.03. The maximum absolute atomic E-state index is 10.3. The highest BCUT2D eigenvalue weighted by Crippen LogP contribution is 1.97. The van der Waals surface area contributed by atoms with Crippen LogP contribution in [0.15, 0.2) is 12.5 Å². The maximum atomic E-state index is 10.3. The van der Waals surface area contributed by atoms with Crippen LogP contribution in [-0.2, 0) is 20.8 Å². The van der Waals surface area contributed by atoms with Gasteiger partial charge in [-0.3, -0.25) is 14.4 Å². The first kappa shape index (κ1) is 27.6. The van der Waals surface area contributed by atoms with Gasteiger partial charge in [-0.05, 0) is 19.4 Å². The first-order chi connectivity index (χ1) is 13.1. The fourth-order valence-corrected chi connectivity index (χ4v) is 1.43. The molecule has 0 saturated carbocycles. The zero-order chi connectivity index (χ0) is 22.1. The van der Waals surface area contributed by atoms with Crippen LogP contribution >= 0.6 is 0 Å². The Morgan fingerprint density at radius 1 is 0.964 bits per heavy atom. The van der Waals surface area contributed by atoms with Gasteiger partial charge in [-0.15, -0.1) is 0 Å². The van der Waals surface area contributed by atoms with Gasteiger partial charge in [0.25, 0.3) is 0 Å². The lowest BCUT2D eigenvalue weighted by molar-refractivity contribution is -0.140. The van der Waals surface area contributed by atoms with Crippen LogP contribution in [0.5, 0.6) is 0 Å². The van der Waals surface area contributed by atoms with Gasteiger partial charge >= 0.3 is 17.9 Å². The number of nitrogens with one attached hydrogen (secondary N) is 1. The summed E-state index contributed by atoms with van der Waals surface area (Å²) in [6.07, 6.45) is 5.54. The number of aliphatic hydroxyl groups is 1. The standard InChI is InChI=1S/C6H9N3O2.C6H14N2O2.C3H7NO3/c7-5(6(10)11)1-4-2-8-3-9-4;7-4-2-1-3-5(8)6(9)10;4-2(1-5)3(6)7/h2-3,5H,1,7H2,(H,8,9)(H,10,11);5H,1-4,7-8H2,(H,9,10);2,5H,1,4H2,(H,6,7)/t2*5-;2-/m001/s1. The number of nitrogens with zero attached hydrogens (tertiary/aromatic N) is 1. The van der Waals surface area contributed by atoms with Gasteiger partial charge in [0.1, 0.15) is 18.1 Å². The topological polar surface area (TPSA) is 265 Å². The van der Waals surface area contributed by atoms with Crippen LogP contribution in [0.3, 0.4) is 0 Å². The molecule has 1 aromatic rings. The number of aromatic nitrogens is 2. The van der Waals surface area contributed by atoms with E-state index in [9.17, 15) is 14.4 Å². The lowest BCUT2D eigenvalue weighted by Crippen LogP contribution is -2.33. The van der Waals surface area contributed by atoms with E-state index in [1.165, 1.54) is 6.33 Å². The monoisotopic (exact) mass is 406 g/mol. The molecule has 0 aliphatic heterocycles. The number of aromatic amines is 1. The summed E-state index contributed by atoms with van der Waals surface area (Å²) in [7, 11) is 0. The second kappa shape index (κ2) is 16.6. The first-order valence-electron chi connectivity index (χ1n) is 8.30. The number of unbranched alkanes of at least 4 members (excludes halogenated alkanes) is 1. The molecular weight excluding hydrogens is 376 g/mol. The zero-order valence-corrected chi connectivity index (χ0v) is 15.4.